The third-order valence-electron chi connectivity index (χ3n) is 3.67. The van der Waals surface area contributed by atoms with E-state index in [0.717, 1.165) is 0 Å². The molecule has 2 saturated heterocycles. The fraction of sp³-hybridized carbons (Fsp3) is 0.462. The maximum atomic E-state index is 12.4. The summed E-state index contributed by atoms with van der Waals surface area (Å²) in [5, 5.41) is 3.22. The molecule has 1 atom stereocenters. The molecule has 1 spiro atoms. The molecular formula is C13H14ClN3O3. The summed E-state index contributed by atoms with van der Waals surface area (Å²) in [4.78, 5) is 29.1. The van der Waals surface area contributed by atoms with Crippen molar-refractivity contribution in [2.24, 2.45) is 0 Å². The summed E-state index contributed by atoms with van der Waals surface area (Å²) in [5.41, 5.74) is 0.0182. The summed E-state index contributed by atoms with van der Waals surface area (Å²) >= 11 is 5.85. The lowest BCUT2D eigenvalue weighted by molar-refractivity contribution is -0.141. The Hall–Kier alpha value is -1.66. The number of halogens is 1. The molecule has 1 unspecified atom stereocenters. The largest absolute Gasteiger partial charge is 0.361 e. The molecule has 106 valence electrons. The van der Waals surface area contributed by atoms with Gasteiger partial charge in [0.1, 0.15) is 12.2 Å². The second kappa shape index (κ2) is 5.03. The first-order valence-electron chi connectivity index (χ1n) is 6.38. The number of hydrogen-bond donors (Lipinski definition) is 1. The van der Waals surface area contributed by atoms with Crippen LogP contribution in [-0.4, -0.2) is 53.5 Å². The Morgan fingerprint density at radius 3 is 3.05 bits per heavy atom. The van der Waals surface area contributed by atoms with E-state index in [2.05, 4.69) is 10.3 Å². The molecular weight excluding hydrogens is 282 g/mol. The van der Waals surface area contributed by atoms with Crippen molar-refractivity contribution < 1.29 is 14.3 Å². The minimum Gasteiger partial charge on any atom is -0.361 e. The smallest absolute Gasteiger partial charge is 0.255 e. The highest BCUT2D eigenvalue weighted by atomic mass is 35.5. The normalized spacial score (nSPS) is 25.9. The zero-order valence-electron chi connectivity index (χ0n) is 10.8. The summed E-state index contributed by atoms with van der Waals surface area (Å²) < 4.78 is 5.63. The van der Waals surface area contributed by atoms with Crippen LogP contribution in [0.4, 0.5) is 0 Å². The van der Waals surface area contributed by atoms with Crippen LogP contribution in [0, 0.1) is 0 Å². The van der Waals surface area contributed by atoms with E-state index in [1.54, 1.807) is 11.0 Å². The third-order valence-corrected chi connectivity index (χ3v) is 3.88. The molecule has 7 heteroatoms. The Bertz CT molecular complexity index is 554. The van der Waals surface area contributed by atoms with Gasteiger partial charge in [-0.2, -0.15) is 0 Å². The number of nitrogens with one attached hydrogen (secondary N) is 1. The van der Waals surface area contributed by atoms with E-state index in [9.17, 15) is 9.59 Å². The standard InChI is InChI=1S/C13H14ClN3O3/c14-10-3-9(4-15-5-10)12(19)17-2-1-13(8-17)7-16-11(18)6-20-13/h3-5H,1-2,6-8H2,(H,16,18). The summed E-state index contributed by atoms with van der Waals surface area (Å²) in [6.07, 6.45) is 3.71. The molecule has 20 heavy (non-hydrogen) atoms. The van der Waals surface area contributed by atoms with Gasteiger partial charge in [0, 0.05) is 25.5 Å². The molecule has 6 nitrogen and oxygen atoms in total. The average molecular weight is 296 g/mol. The quantitative estimate of drug-likeness (QED) is 0.817. The number of ether oxygens (including phenoxy) is 1. The number of amides is 2. The SMILES string of the molecule is O=C1COC2(CCN(C(=O)c3cncc(Cl)c3)C2)CN1. The summed E-state index contributed by atoms with van der Waals surface area (Å²) in [6.45, 7) is 1.57. The Morgan fingerprint density at radius 1 is 1.50 bits per heavy atom. The predicted octanol–water partition coefficient (Wildman–Crippen LogP) is 0.466. The molecule has 0 bridgehead atoms. The number of nitrogens with zero attached hydrogens (tertiary/aromatic N) is 2. The third kappa shape index (κ3) is 2.48. The summed E-state index contributed by atoms with van der Waals surface area (Å²) in [5.74, 6) is -0.225. The van der Waals surface area contributed by atoms with E-state index >= 15 is 0 Å². The van der Waals surface area contributed by atoms with Crippen molar-refractivity contribution in [2.75, 3.05) is 26.2 Å². The van der Waals surface area contributed by atoms with Gasteiger partial charge in [0.25, 0.3) is 5.91 Å². The van der Waals surface area contributed by atoms with Gasteiger partial charge in [-0.25, -0.2) is 0 Å². The monoisotopic (exact) mass is 295 g/mol. The highest BCUT2D eigenvalue weighted by molar-refractivity contribution is 6.30. The highest BCUT2D eigenvalue weighted by Gasteiger charge is 2.43. The van der Waals surface area contributed by atoms with E-state index in [1.807, 2.05) is 0 Å². The number of rotatable bonds is 1. The van der Waals surface area contributed by atoms with Crippen LogP contribution in [0.25, 0.3) is 0 Å². The summed E-state index contributed by atoms with van der Waals surface area (Å²) in [6, 6.07) is 1.60. The van der Waals surface area contributed by atoms with Crippen LogP contribution in [0.15, 0.2) is 18.5 Å². The van der Waals surface area contributed by atoms with Gasteiger partial charge in [-0.1, -0.05) is 11.6 Å². The van der Waals surface area contributed by atoms with Crippen LogP contribution in [0.1, 0.15) is 16.8 Å². The van der Waals surface area contributed by atoms with E-state index in [1.165, 1.54) is 12.4 Å². The lowest BCUT2D eigenvalue weighted by Crippen LogP contribution is -2.54. The van der Waals surface area contributed by atoms with Gasteiger partial charge in [0.05, 0.1) is 17.1 Å². The van der Waals surface area contributed by atoms with Crippen LogP contribution < -0.4 is 5.32 Å². The van der Waals surface area contributed by atoms with E-state index in [-0.39, 0.29) is 18.4 Å². The van der Waals surface area contributed by atoms with E-state index in [4.69, 9.17) is 16.3 Å². The van der Waals surface area contributed by atoms with Gasteiger partial charge in [0.2, 0.25) is 5.91 Å². The summed E-state index contributed by atoms with van der Waals surface area (Å²) in [7, 11) is 0. The molecule has 2 aliphatic rings. The fourth-order valence-corrected chi connectivity index (χ4v) is 2.75. The minimum absolute atomic E-state index is 0.0563. The van der Waals surface area contributed by atoms with Gasteiger partial charge < -0.3 is 15.0 Å². The van der Waals surface area contributed by atoms with Gasteiger partial charge in [-0.15, -0.1) is 0 Å². The molecule has 3 rings (SSSR count). The van der Waals surface area contributed by atoms with Crippen LogP contribution >= 0.6 is 11.6 Å². The van der Waals surface area contributed by atoms with Crippen LogP contribution in [0.5, 0.6) is 0 Å². The van der Waals surface area contributed by atoms with Crippen molar-refractivity contribution in [3.63, 3.8) is 0 Å². The van der Waals surface area contributed by atoms with Crippen molar-refractivity contribution in [1.82, 2.24) is 15.2 Å². The molecule has 1 aromatic heterocycles. The lowest BCUT2D eigenvalue weighted by atomic mass is 10.0. The first-order chi connectivity index (χ1) is 9.58. The average Bonchev–Trinajstić information content (AvgIpc) is 2.86. The van der Waals surface area contributed by atoms with Crippen molar-refractivity contribution in [3.05, 3.63) is 29.0 Å². The molecule has 0 aromatic carbocycles. The molecule has 1 aromatic rings. The fourth-order valence-electron chi connectivity index (χ4n) is 2.57. The minimum atomic E-state index is -0.449. The number of aromatic nitrogens is 1. The topological polar surface area (TPSA) is 71.5 Å². The Balaban J connectivity index is 1.71. The molecule has 2 fully saturated rings. The molecule has 0 radical (unpaired) electrons. The van der Waals surface area contributed by atoms with E-state index < -0.39 is 5.60 Å². The number of carbonyl (C=O) groups is 2. The predicted molar refractivity (Wildman–Crippen MR) is 71.5 cm³/mol. The Kier molecular flexibility index (Phi) is 3.35. The van der Waals surface area contributed by atoms with Crippen molar-refractivity contribution in [3.8, 4) is 0 Å². The van der Waals surface area contributed by atoms with Crippen LogP contribution in [0.3, 0.4) is 0 Å². The highest BCUT2D eigenvalue weighted by Crippen LogP contribution is 2.28. The molecule has 3 heterocycles. The second-order valence-corrected chi connectivity index (χ2v) is 5.55. The lowest BCUT2D eigenvalue weighted by Gasteiger charge is -2.33. The Morgan fingerprint density at radius 2 is 2.35 bits per heavy atom. The first-order valence-corrected chi connectivity index (χ1v) is 6.76. The number of carbonyl (C=O) groups excluding carboxylic acids is 2. The van der Waals surface area contributed by atoms with Crippen molar-refractivity contribution in [2.45, 2.75) is 12.0 Å². The Labute approximate surface area is 121 Å². The van der Waals surface area contributed by atoms with Gasteiger partial charge in [-0.3, -0.25) is 14.6 Å². The molecule has 2 amide bonds. The maximum absolute atomic E-state index is 12.4. The first kappa shape index (κ1) is 13.3. The number of morpholine rings is 1. The van der Waals surface area contributed by atoms with Gasteiger partial charge >= 0.3 is 0 Å². The molecule has 1 N–H and O–H groups in total. The molecule has 0 saturated carbocycles. The van der Waals surface area contributed by atoms with Gasteiger partial charge in [-0.05, 0) is 12.5 Å². The zero-order chi connectivity index (χ0) is 14.2. The molecule has 0 aliphatic carbocycles. The number of pyridine rings is 1. The van der Waals surface area contributed by atoms with Crippen molar-refractivity contribution in [1.29, 1.82) is 0 Å². The van der Waals surface area contributed by atoms with Crippen molar-refractivity contribution >= 4 is 23.4 Å². The maximum Gasteiger partial charge on any atom is 0.255 e. The number of hydrogen-bond acceptors (Lipinski definition) is 4. The molecule has 2 aliphatic heterocycles. The van der Waals surface area contributed by atoms with E-state index in [0.29, 0.717) is 36.6 Å². The second-order valence-electron chi connectivity index (χ2n) is 5.12. The number of likely N-dealkylation sites (tertiary alicyclic amines) is 1. The van der Waals surface area contributed by atoms with Crippen LogP contribution in [-0.2, 0) is 9.53 Å². The van der Waals surface area contributed by atoms with Gasteiger partial charge in [0.15, 0.2) is 0 Å². The van der Waals surface area contributed by atoms with Crippen LogP contribution in [0.2, 0.25) is 5.02 Å². The zero-order valence-corrected chi connectivity index (χ0v) is 11.5.